The quantitative estimate of drug-likeness (QED) is 0.862. The van der Waals surface area contributed by atoms with Gasteiger partial charge >= 0.3 is 0 Å². The van der Waals surface area contributed by atoms with E-state index >= 15 is 0 Å². The van der Waals surface area contributed by atoms with E-state index in [4.69, 9.17) is 9.47 Å². The zero-order valence-electron chi connectivity index (χ0n) is 9.92. The molecule has 0 saturated carbocycles. The SMILES string of the molecule is Fc1ccc(F)c(C2(C3CNCCO3)COC2)c1. The zero-order chi connectivity index (χ0) is 12.6. The summed E-state index contributed by atoms with van der Waals surface area (Å²) < 4.78 is 38.2. The minimum absolute atomic E-state index is 0.170. The predicted molar refractivity (Wildman–Crippen MR) is 61.5 cm³/mol. The van der Waals surface area contributed by atoms with E-state index in [2.05, 4.69) is 5.32 Å². The molecule has 2 aliphatic rings. The second-order valence-electron chi connectivity index (χ2n) is 4.84. The van der Waals surface area contributed by atoms with Crippen LogP contribution in [-0.2, 0) is 14.9 Å². The summed E-state index contributed by atoms with van der Waals surface area (Å²) in [6.07, 6.45) is -0.170. The van der Waals surface area contributed by atoms with Gasteiger partial charge in [-0.3, -0.25) is 0 Å². The smallest absolute Gasteiger partial charge is 0.127 e. The van der Waals surface area contributed by atoms with Crippen molar-refractivity contribution in [2.75, 3.05) is 32.9 Å². The Kier molecular flexibility index (Phi) is 3.05. The van der Waals surface area contributed by atoms with Crippen molar-refractivity contribution in [3.63, 3.8) is 0 Å². The zero-order valence-corrected chi connectivity index (χ0v) is 9.92. The molecular formula is C13H15F2NO2. The third kappa shape index (κ3) is 1.83. The van der Waals surface area contributed by atoms with Gasteiger partial charge in [0.25, 0.3) is 0 Å². The molecule has 0 aromatic heterocycles. The first-order valence-electron chi connectivity index (χ1n) is 6.08. The Bertz CT molecular complexity index is 443. The van der Waals surface area contributed by atoms with Gasteiger partial charge in [0.05, 0.1) is 31.3 Å². The molecule has 1 atom stereocenters. The Morgan fingerprint density at radius 2 is 2.11 bits per heavy atom. The fourth-order valence-corrected chi connectivity index (χ4v) is 2.64. The van der Waals surface area contributed by atoms with E-state index in [0.717, 1.165) is 12.6 Å². The minimum Gasteiger partial charge on any atom is -0.379 e. The number of ether oxygens (including phenoxy) is 2. The molecule has 2 aliphatic heterocycles. The number of halogens is 2. The van der Waals surface area contributed by atoms with Crippen molar-refractivity contribution < 1.29 is 18.3 Å². The molecule has 2 heterocycles. The van der Waals surface area contributed by atoms with Crippen molar-refractivity contribution >= 4 is 0 Å². The second kappa shape index (κ2) is 4.57. The van der Waals surface area contributed by atoms with Crippen LogP contribution in [0.1, 0.15) is 5.56 Å². The van der Waals surface area contributed by atoms with Crippen molar-refractivity contribution in [3.8, 4) is 0 Å². The maximum Gasteiger partial charge on any atom is 0.127 e. The Balaban J connectivity index is 1.97. The summed E-state index contributed by atoms with van der Waals surface area (Å²) in [5.41, 5.74) is -0.193. The molecule has 1 aromatic rings. The van der Waals surface area contributed by atoms with Gasteiger partial charge in [0, 0.05) is 18.7 Å². The van der Waals surface area contributed by atoms with Gasteiger partial charge in [0.1, 0.15) is 11.6 Å². The normalized spacial score (nSPS) is 26.7. The van der Waals surface area contributed by atoms with Gasteiger partial charge in [-0.1, -0.05) is 0 Å². The van der Waals surface area contributed by atoms with Gasteiger partial charge in [-0.15, -0.1) is 0 Å². The van der Waals surface area contributed by atoms with E-state index in [1.165, 1.54) is 12.1 Å². The van der Waals surface area contributed by atoms with Crippen LogP contribution in [0.2, 0.25) is 0 Å². The lowest BCUT2D eigenvalue weighted by atomic mass is 9.73. The molecule has 1 N–H and O–H groups in total. The Morgan fingerprint density at radius 1 is 1.28 bits per heavy atom. The summed E-state index contributed by atoms with van der Waals surface area (Å²) in [6.45, 7) is 2.77. The van der Waals surface area contributed by atoms with E-state index in [0.29, 0.717) is 31.9 Å². The van der Waals surface area contributed by atoms with Crippen LogP contribution in [-0.4, -0.2) is 39.0 Å². The van der Waals surface area contributed by atoms with Gasteiger partial charge < -0.3 is 14.8 Å². The van der Waals surface area contributed by atoms with Gasteiger partial charge in [-0.05, 0) is 18.2 Å². The van der Waals surface area contributed by atoms with Crippen molar-refractivity contribution in [2.24, 2.45) is 0 Å². The van der Waals surface area contributed by atoms with Crippen LogP contribution in [0.5, 0.6) is 0 Å². The summed E-state index contributed by atoms with van der Waals surface area (Å²) >= 11 is 0. The first-order chi connectivity index (χ1) is 8.72. The van der Waals surface area contributed by atoms with Crippen LogP contribution in [0.25, 0.3) is 0 Å². The monoisotopic (exact) mass is 255 g/mol. The summed E-state index contributed by atoms with van der Waals surface area (Å²) in [5, 5.41) is 3.22. The summed E-state index contributed by atoms with van der Waals surface area (Å²) in [7, 11) is 0. The third-order valence-electron chi connectivity index (χ3n) is 3.73. The molecule has 18 heavy (non-hydrogen) atoms. The van der Waals surface area contributed by atoms with Gasteiger partial charge in [0.2, 0.25) is 0 Å². The number of nitrogens with one attached hydrogen (secondary N) is 1. The number of morpholine rings is 1. The lowest BCUT2D eigenvalue weighted by molar-refractivity contribution is -0.147. The number of benzene rings is 1. The topological polar surface area (TPSA) is 30.5 Å². The van der Waals surface area contributed by atoms with Crippen molar-refractivity contribution in [1.29, 1.82) is 0 Å². The van der Waals surface area contributed by atoms with E-state index in [1.54, 1.807) is 0 Å². The van der Waals surface area contributed by atoms with E-state index in [1.807, 2.05) is 0 Å². The van der Waals surface area contributed by atoms with Crippen LogP contribution in [0.3, 0.4) is 0 Å². The molecule has 2 fully saturated rings. The molecule has 1 unspecified atom stereocenters. The fourth-order valence-electron chi connectivity index (χ4n) is 2.64. The van der Waals surface area contributed by atoms with E-state index in [9.17, 15) is 8.78 Å². The standard InChI is InChI=1S/C13H15F2NO2/c14-9-1-2-11(15)10(5-9)13(7-17-8-13)12-6-16-3-4-18-12/h1-2,5,12,16H,3-4,6-8H2. The summed E-state index contributed by atoms with van der Waals surface area (Å²) in [5.74, 6) is -0.824. The predicted octanol–water partition coefficient (Wildman–Crippen LogP) is 1.22. The average molecular weight is 255 g/mol. The molecule has 0 radical (unpaired) electrons. The Morgan fingerprint density at radius 3 is 2.72 bits per heavy atom. The van der Waals surface area contributed by atoms with Gasteiger partial charge in [-0.2, -0.15) is 0 Å². The maximum absolute atomic E-state index is 13.9. The summed E-state index contributed by atoms with van der Waals surface area (Å²) in [4.78, 5) is 0. The van der Waals surface area contributed by atoms with Gasteiger partial charge in [-0.25, -0.2) is 8.78 Å². The lowest BCUT2D eigenvalue weighted by Crippen LogP contribution is -2.61. The first kappa shape index (κ1) is 12.0. The fraction of sp³-hybridized carbons (Fsp3) is 0.538. The Labute approximate surface area is 104 Å². The highest BCUT2D eigenvalue weighted by Crippen LogP contribution is 2.39. The largest absolute Gasteiger partial charge is 0.379 e. The molecule has 0 aliphatic carbocycles. The summed E-state index contributed by atoms with van der Waals surface area (Å²) in [6, 6.07) is 3.56. The number of hydrogen-bond acceptors (Lipinski definition) is 3. The molecular weight excluding hydrogens is 240 g/mol. The number of hydrogen-bond donors (Lipinski definition) is 1. The molecule has 5 heteroatoms. The van der Waals surface area contributed by atoms with Crippen LogP contribution in [0.4, 0.5) is 8.78 Å². The molecule has 0 amide bonds. The maximum atomic E-state index is 13.9. The molecule has 0 spiro atoms. The van der Waals surface area contributed by atoms with Crippen molar-refractivity contribution in [1.82, 2.24) is 5.32 Å². The molecule has 0 bridgehead atoms. The molecule has 3 rings (SSSR count). The minimum atomic E-state index is -0.556. The van der Waals surface area contributed by atoms with Gasteiger partial charge in [0.15, 0.2) is 0 Å². The lowest BCUT2D eigenvalue weighted by Gasteiger charge is -2.48. The Hall–Kier alpha value is -1.04. The second-order valence-corrected chi connectivity index (χ2v) is 4.84. The highest BCUT2D eigenvalue weighted by atomic mass is 19.1. The first-order valence-corrected chi connectivity index (χ1v) is 6.08. The molecule has 1 aromatic carbocycles. The third-order valence-corrected chi connectivity index (χ3v) is 3.73. The van der Waals surface area contributed by atoms with Crippen LogP contribution in [0, 0.1) is 11.6 Å². The molecule has 2 saturated heterocycles. The number of rotatable bonds is 2. The van der Waals surface area contributed by atoms with Crippen LogP contribution in [0.15, 0.2) is 18.2 Å². The van der Waals surface area contributed by atoms with E-state index in [-0.39, 0.29) is 6.10 Å². The van der Waals surface area contributed by atoms with E-state index < -0.39 is 17.0 Å². The van der Waals surface area contributed by atoms with Crippen LogP contribution >= 0.6 is 0 Å². The van der Waals surface area contributed by atoms with Crippen molar-refractivity contribution in [2.45, 2.75) is 11.5 Å². The highest BCUT2D eigenvalue weighted by molar-refractivity contribution is 5.32. The average Bonchev–Trinajstić information content (AvgIpc) is 2.34. The van der Waals surface area contributed by atoms with Crippen LogP contribution < -0.4 is 5.32 Å². The molecule has 3 nitrogen and oxygen atoms in total. The molecule has 98 valence electrons. The highest BCUT2D eigenvalue weighted by Gasteiger charge is 2.50. The van der Waals surface area contributed by atoms with Crippen molar-refractivity contribution in [3.05, 3.63) is 35.4 Å².